The Labute approximate surface area is 839 Å². The summed E-state index contributed by atoms with van der Waals surface area (Å²) in [5.41, 5.74) is 21.2. The number of nitriles is 4. The summed E-state index contributed by atoms with van der Waals surface area (Å²) in [4.78, 5) is 20.1. The first kappa shape index (κ1) is 101. The zero-order valence-electron chi connectivity index (χ0n) is 77.8. The summed E-state index contributed by atoms with van der Waals surface area (Å²) < 4.78 is 129. The second-order valence-electron chi connectivity index (χ2n) is 36.0. The molecule has 722 valence electrons. The third-order valence-corrected chi connectivity index (χ3v) is 30.6. The van der Waals surface area contributed by atoms with Crippen LogP contribution in [0.15, 0.2) is 195 Å². The molecule has 3 fully saturated rings. The molecule has 1 spiro atoms. The molecule has 0 amide bonds. The van der Waals surface area contributed by atoms with Crippen molar-refractivity contribution in [3.8, 4) is 86.7 Å². The Morgan fingerprint density at radius 2 is 0.957 bits per heavy atom. The molecule has 5 aliphatic rings. The van der Waals surface area contributed by atoms with Crippen LogP contribution in [0.2, 0.25) is 20.1 Å². The molecule has 6 heterocycles. The first-order valence-corrected chi connectivity index (χ1v) is 55.5. The number of nitrogens with one attached hydrogen (secondary N) is 1. The molecule has 4 aromatic heterocycles. The summed E-state index contributed by atoms with van der Waals surface area (Å²) in [5.74, 6) is 3.12. The van der Waals surface area contributed by atoms with E-state index >= 15 is 0 Å². The Balaban J connectivity index is 0.000000135. The van der Waals surface area contributed by atoms with Crippen molar-refractivity contribution < 1.29 is 57.4 Å². The average molecular weight is 2060 g/mol. The van der Waals surface area contributed by atoms with Crippen molar-refractivity contribution in [1.29, 1.82) is 21.0 Å². The number of aryl methyl sites for hydroxylation is 2. The normalized spacial score (nSPS) is 16.4. The van der Waals surface area contributed by atoms with Gasteiger partial charge in [-0.05, 0) is 247 Å². The molecule has 2 saturated heterocycles. The molecule has 2 unspecified atom stereocenters. The largest absolute Gasteiger partial charge is 0.494 e. The van der Waals surface area contributed by atoms with Crippen LogP contribution in [-0.4, -0.2) is 174 Å². The van der Waals surface area contributed by atoms with Crippen molar-refractivity contribution >= 4 is 142 Å². The summed E-state index contributed by atoms with van der Waals surface area (Å²) >= 11 is 31.5. The van der Waals surface area contributed by atoms with Crippen LogP contribution in [0.25, 0.3) is 77.5 Å². The standard InChI is InChI=1S/C28H23Cl2N3O3S.C27H22ClN3O3S.C26H29ClN4O3S.C24H26ClN3O4S/c1-37(34,35)16-22-15-32-27-13-18(4-7-26(27)33-22)17-2-5-23-19(10-17)3-6-24(23)20-11-21(14-31)28(25(30)12-20)36-9-8-29;1-34-27-20(13-29)10-19(11-24(27)28)23-7-4-18-9-16(3-6-22(18)23)17-5-8-25-26(12-17)30-14-21(31-25)15-35(2,32)33;1-3-12-34-25-21(16-28)14-22(15-23(25)27)30-10-7-20-13-19(4-5-24(20)30)6-9-29-17-26(18-29)8-11-31(26)35(2,32)33;1-3-8-31-24-18(14-26)11-20(13-22(24)25)28-7-6-17-12-21(4-5-23(17)28)32-15-16-9-19(10-16)27-33(2,29)30/h2,4-5,7,10-13,15,24H,3,6,8-9,16H2,1H3;3,5-6,8-12,14,23H,4,7,15H2,1-2H3;4-5,7,10,13-15H,3,6,8-9,11-12,17-18H2,1-2H3;4-7,11-13,16,19,27H,3,8-10,15H2,1-2H3. The summed E-state index contributed by atoms with van der Waals surface area (Å²) in [5, 5.41) is 42.2. The molecular formula is C105H100Cl5N13O13S4. The van der Waals surface area contributed by atoms with Gasteiger partial charge in [-0.1, -0.05) is 115 Å². The third-order valence-electron chi connectivity index (χ3n) is 25.6. The molecule has 1 saturated carbocycles. The van der Waals surface area contributed by atoms with Crippen molar-refractivity contribution in [1.82, 2.24) is 43.0 Å². The molecule has 2 aliphatic heterocycles. The molecule has 14 aromatic rings. The van der Waals surface area contributed by atoms with E-state index in [9.17, 15) is 54.7 Å². The number of hydrogen-bond acceptors (Lipinski definition) is 22. The van der Waals surface area contributed by atoms with Crippen molar-refractivity contribution in [2.24, 2.45) is 5.92 Å². The van der Waals surface area contributed by atoms with Crippen LogP contribution in [0, 0.1) is 51.2 Å². The third kappa shape index (κ3) is 23.3. The predicted octanol–water partition coefficient (Wildman–Crippen LogP) is 20.4. The van der Waals surface area contributed by atoms with Crippen LogP contribution >= 0.6 is 58.0 Å². The van der Waals surface area contributed by atoms with E-state index in [4.69, 9.17) is 81.7 Å². The number of sulfonamides is 2. The van der Waals surface area contributed by atoms with E-state index in [0.29, 0.717) is 131 Å². The van der Waals surface area contributed by atoms with Crippen LogP contribution in [0.4, 0.5) is 0 Å². The van der Waals surface area contributed by atoms with Gasteiger partial charge in [0.2, 0.25) is 20.0 Å². The second-order valence-corrected chi connectivity index (χ2v) is 46.0. The van der Waals surface area contributed by atoms with Gasteiger partial charge in [-0.15, -0.1) is 11.6 Å². The van der Waals surface area contributed by atoms with Crippen LogP contribution in [0.5, 0.6) is 28.7 Å². The molecule has 2 atom stereocenters. The van der Waals surface area contributed by atoms with Gasteiger partial charge < -0.3 is 32.8 Å². The van der Waals surface area contributed by atoms with Gasteiger partial charge in [-0.25, -0.2) is 48.4 Å². The van der Waals surface area contributed by atoms with Gasteiger partial charge in [0.15, 0.2) is 42.7 Å². The average Bonchev–Trinajstić information content (AvgIpc) is 1.09. The first-order valence-electron chi connectivity index (χ1n) is 45.6. The van der Waals surface area contributed by atoms with E-state index < -0.39 is 39.7 Å². The lowest BCUT2D eigenvalue weighted by Crippen LogP contribution is -2.77. The summed E-state index contributed by atoms with van der Waals surface area (Å²) in [6.07, 6.45) is 20.6. The number of benzene rings is 10. The number of aromatic nitrogens is 6. The number of rotatable bonds is 29. The van der Waals surface area contributed by atoms with Gasteiger partial charge in [0.05, 0.1) is 162 Å². The van der Waals surface area contributed by atoms with E-state index in [1.165, 1.54) is 72.3 Å². The fourth-order valence-electron chi connectivity index (χ4n) is 19.1. The molecule has 0 radical (unpaired) electrons. The second kappa shape index (κ2) is 42.8. The minimum atomic E-state index is -3.18. The minimum Gasteiger partial charge on any atom is -0.494 e. The number of ether oxygens (including phenoxy) is 5. The van der Waals surface area contributed by atoms with Gasteiger partial charge >= 0.3 is 0 Å². The molecule has 140 heavy (non-hydrogen) atoms. The monoisotopic (exact) mass is 2050 g/mol. The van der Waals surface area contributed by atoms with Crippen LogP contribution in [0.1, 0.15) is 143 Å². The van der Waals surface area contributed by atoms with Gasteiger partial charge in [-0.3, -0.25) is 14.9 Å². The van der Waals surface area contributed by atoms with E-state index in [2.05, 4.69) is 114 Å². The number of sulfone groups is 2. The number of likely N-dealkylation sites (tertiary alicyclic amines) is 1. The highest BCUT2D eigenvalue weighted by molar-refractivity contribution is 7.90. The number of fused-ring (bicyclic) bond motifs is 6. The van der Waals surface area contributed by atoms with Gasteiger partial charge in [0, 0.05) is 91.1 Å². The van der Waals surface area contributed by atoms with Crippen LogP contribution in [0.3, 0.4) is 0 Å². The SMILES string of the molecule is CCCOc1c(Cl)cc(-n2ccc3cc(CCN4CC5(CCN5S(C)(=O)=O)C4)ccc32)cc1C#N.CCCOc1c(Cl)cc(-n2ccc3cc(OCC4CC(NS(C)(=O)=O)C4)ccc32)cc1C#N.COc1c(Cl)cc(C2CCc3cc(-c4ccc5nc(CS(C)(=O)=O)cnc5c4)ccc32)cc1C#N.CS(=O)(=O)Cc1cnc2cc(-c3ccc4c(c3)CCC4c3cc(Cl)c(OCCCl)c(C#N)c3)ccc2n1. The molecule has 19 rings (SSSR count). The molecule has 1 N–H and O–H groups in total. The Morgan fingerprint density at radius 3 is 1.41 bits per heavy atom. The Morgan fingerprint density at radius 1 is 0.500 bits per heavy atom. The van der Waals surface area contributed by atoms with E-state index in [-0.39, 0.29) is 41.5 Å². The lowest BCUT2D eigenvalue weighted by molar-refractivity contribution is -0.0716. The minimum absolute atomic E-state index is 0.00833. The quantitative estimate of drug-likeness (QED) is 0.0425. The summed E-state index contributed by atoms with van der Waals surface area (Å²) in [7, 11) is -11.1. The van der Waals surface area contributed by atoms with E-state index in [1.54, 1.807) is 16.4 Å². The fraction of sp³-hybridized carbons (Fsp3) is 0.314. The summed E-state index contributed by atoms with van der Waals surface area (Å²) in [6, 6.07) is 64.4. The maximum absolute atomic E-state index is 11.9. The lowest BCUT2D eigenvalue weighted by Gasteiger charge is -2.61. The van der Waals surface area contributed by atoms with Gasteiger partial charge in [-0.2, -0.15) is 25.4 Å². The molecular weight excluding hydrogens is 1960 g/mol. The Hall–Kier alpha value is -12.0. The Bertz CT molecular complexity index is 7840. The maximum Gasteiger partial charge on any atom is 0.211 e. The number of halogens is 5. The highest BCUT2D eigenvalue weighted by Gasteiger charge is 2.56. The number of methoxy groups -OCH3 is 1. The molecule has 0 bridgehead atoms. The van der Waals surface area contributed by atoms with E-state index in [0.717, 1.165) is 162 Å². The van der Waals surface area contributed by atoms with Gasteiger partial charge in [0.1, 0.15) is 36.6 Å². The number of alkyl halides is 1. The molecule has 35 heteroatoms. The van der Waals surface area contributed by atoms with E-state index in [1.807, 2.05) is 132 Å². The predicted molar refractivity (Wildman–Crippen MR) is 549 cm³/mol. The molecule has 10 aromatic carbocycles. The van der Waals surface area contributed by atoms with Gasteiger partial charge in [0.25, 0.3) is 0 Å². The number of nitrogens with zero attached hydrogens (tertiary/aromatic N) is 12. The maximum atomic E-state index is 11.9. The highest BCUT2D eigenvalue weighted by atomic mass is 35.5. The smallest absolute Gasteiger partial charge is 0.211 e. The molecule has 3 aliphatic carbocycles. The zero-order chi connectivity index (χ0) is 99.3. The van der Waals surface area contributed by atoms with Crippen LogP contribution < -0.4 is 28.4 Å². The first-order chi connectivity index (χ1) is 67.0. The molecule has 26 nitrogen and oxygen atoms in total. The van der Waals surface area contributed by atoms with Crippen molar-refractivity contribution in [3.05, 3.63) is 287 Å². The van der Waals surface area contributed by atoms with Crippen molar-refractivity contribution in [2.45, 2.75) is 113 Å². The summed E-state index contributed by atoms with van der Waals surface area (Å²) in [6.45, 7) is 9.04. The lowest BCUT2D eigenvalue weighted by atomic mass is 9.80. The highest BCUT2D eigenvalue weighted by Crippen LogP contribution is 2.48. The zero-order valence-corrected chi connectivity index (χ0v) is 84.9. The topological polar surface area (TPSA) is 358 Å². The number of hydrogen-bond donors (Lipinski definition) is 1. The van der Waals surface area contributed by atoms with Crippen molar-refractivity contribution in [3.63, 3.8) is 0 Å². The fourth-order valence-corrected chi connectivity index (χ4v) is 23.8. The van der Waals surface area contributed by atoms with Crippen LogP contribution in [-0.2, 0) is 70.5 Å². The Kier molecular flexibility index (Phi) is 30.9. The van der Waals surface area contributed by atoms with Crippen molar-refractivity contribution in [2.75, 3.05) is 90.6 Å².